The van der Waals surface area contributed by atoms with Crippen molar-refractivity contribution in [3.05, 3.63) is 112 Å². The molecule has 16 heteroatoms. The standard InChI is InChI=1S/C41H45N7O9/c1-47-33-12-11-26(19-29(33)37(52)36(41(47)56)40(55)44-24-35(50)51)22-43-38(53)31(20-25-7-3-2-4-8-25)46-39(54)32(21-27-23-42-30-10-6-5-9-28(27)30)45-34(49)13-14-48-15-17-57-18-16-48/h2-12,19,23,31-32,42,52H,13-18,20-22,24H2,1H3,(H,43,53)(H,44,55)(H,45,49)(H,46,54)(H,50,51)/t31-,32-/m0/s1. The van der Waals surface area contributed by atoms with Crippen LogP contribution in [0.15, 0.2) is 83.8 Å². The summed E-state index contributed by atoms with van der Waals surface area (Å²) in [7, 11) is 1.41. The molecule has 7 N–H and O–H groups in total. The molecule has 0 aliphatic carbocycles. The SMILES string of the molecule is Cn1c(=O)c(C(=O)NCC(=O)O)c(O)c2cc(CNC(=O)[C@H](Cc3ccccc3)NC(=O)[C@H](Cc3c[nH]c4ccccc34)NC(=O)CCN3CCOCC3)ccc21. The fourth-order valence-electron chi connectivity index (χ4n) is 6.86. The van der Waals surface area contributed by atoms with E-state index in [0.717, 1.165) is 39.7 Å². The number of rotatable bonds is 16. The monoisotopic (exact) mass is 779 g/mol. The number of carboxylic acids is 1. The number of aromatic amines is 1. The van der Waals surface area contributed by atoms with Crippen LogP contribution in [0.2, 0.25) is 0 Å². The number of para-hydroxylation sites is 1. The van der Waals surface area contributed by atoms with Gasteiger partial charge in [0.05, 0.1) is 18.7 Å². The lowest BCUT2D eigenvalue weighted by Gasteiger charge is -2.27. The Morgan fingerprint density at radius 1 is 0.842 bits per heavy atom. The second-order valence-electron chi connectivity index (χ2n) is 13.9. The van der Waals surface area contributed by atoms with E-state index in [1.807, 2.05) is 60.8 Å². The lowest BCUT2D eigenvalue weighted by Crippen LogP contribution is -2.55. The first kappa shape index (κ1) is 40.2. The van der Waals surface area contributed by atoms with Crippen LogP contribution in [0, 0.1) is 0 Å². The highest BCUT2D eigenvalue weighted by molar-refractivity contribution is 6.03. The molecule has 4 amide bonds. The van der Waals surface area contributed by atoms with Crippen molar-refractivity contribution in [2.45, 2.75) is 37.9 Å². The van der Waals surface area contributed by atoms with E-state index in [0.29, 0.717) is 30.8 Å². The van der Waals surface area contributed by atoms with E-state index in [9.17, 15) is 33.9 Å². The largest absolute Gasteiger partial charge is 0.506 e. The van der Waals surface area contributed by atoms with Crippen LogP contribution < -0.4 is 26.8 Å². The minimum absolute atomic E-state index is 0.0597. The van der Waals surface area contributed by atoms with Crippen LogP contribution in [0.25, 0.3) is 21.8 Å². The summed E-state index contributed by atoms with van der Waals surface area (Å²) < 4.78 is 6.57. The summed E-state index contributed by atoms with van der Waals surface area (Å²) in [6.07, 6.45) is 2.29. The second-order valence-corrected chi connectivity index (χ2v) is 13.9. The highest BCUT2D eigenvalue weighted by atomic mass is 16.5. The van der Waals surface area contributed by atoms with Gasteiger partial charge in [-0.2, -0.15) is 0 Å². The average Bonchev–Trinajstić information content (AvgIpc) is 3.63. The smallest absolute Gasteiger partial charge is 0.322 e. The molecule has 3 aromatic carbocycles. The van der Waals surface area contributed by atoms with E-state index >= 15 is 0 Å². The summed E-state index contributed by atoms with van der Waals surface area (Å²) >= 11 is 0. The van der Waals surface area contributed by atoms with Gasteiger partial charge in [-0.25, -0.2) is 0 Å². The lowest BCUT2D eigenvalue weighted by atomic mass is 10.0. The Hall–Kier alpha value is -6.52. The molecular formula is C41H45N7O9. The molecule has 6 rings (SSSR count). The van der Waals surface area contributed by atoms with E-state index in [1.165, 1.54) is 13.1 Å². The number of ether oxygens (including phenoxy) is 1. The maximum atomic E-state index is 14.2. The van der Waals surface area contributed by atoms with Gasteiger partial charge >= 0.3 is 5.97 Å². The number of amides is 4. The van der Waals surface area contributed by atoms with E-state index in [2.05, 4.69) is 31.2 Å². The normalized spacial score (nSPS) is 14.1. The quantitative estimate of drug-likeness (QED) is 0.0761. The van der Waals surface area contributed by atoms with Gasteiger partial charge < -0.3 is 45.8 Å². The van der Waals surface area contributed by atoms with Crippen molar-refractivity contribution in [2.75, 3.05) is 39.4 Å². The summed E-state index contributed by atoms with van der Waals surface area (Å²) in [5, 5.41) is 31.8. The number of aliphatic carboxylic acids is 1. The van der Waals surface area contributed by atoms with Gasteiger partial charge in [-0.05, 0) is 34.9 Å². The highest BCUT2D eigenvalue weighted by Gasteiger charge is 2.29. The van der Waals surface area contributed by atoms with Gasteiger partial charge in [-0.15, -0.1) is 0 Å². The number of pyridine rings is 1. The number of aromatic hydroxyl groups is 1. The number of fused-ring (bicyclic) bond motifs is 2. The van der Waals surface area contributed by atoms with Gasteiger partial charge in [0, 0.05) is 75.0 Å². The molecule has 0 saturated carbocycles. The highest BCUT2D eigenvalue weighted by Crippen LogP contribution is 2.27. The molecule has 2 aromatic heterocycles. The third kappa shape index (κ3) is 10.0. The number of nitrogens with zero attached hydrogens (tertiary/aromatic N) is 2. The average molecular weight is 780 g/mol. The van der Waals surface area contributed by atoms with Crippen LogP contribution >= 0.6 is 0 Å². The number of benzene rings is 3. The van der Waals surface area contributed by atoms with Crippen molar-refractivity contribution in [3.8, 4) is 5.75 Å². The van der Waals surface area contributed by atoms with Crippen LogP contribution in [0.4, 0.5) is 0 Å². The first-order chi connectivity index (χ1) is 27.5. The predicted octanol–water partition coefficient (Wildman–Crippen LogP) is 1.33. The Morgan fingerprint density at radius 3 is 2.32 bits per heavy atom. The molecule has 16 nitrogen and oxygen atoms in total. The van der Waals surface area contributed by atoms with Crippen LogP contribution in [0.5, 0.6) is 5.75 Å². The van der Waals surface area contributed by atoms with Gasteiger partial charge in [-0.1, -0.05) is 54.6 Å². The molecule has 1 aliphatic rings. The number of aromatic nitrogens is 2. The molecule has 2 atom stereocenters. The van der Waals surface area contributed by atoms with Crippen LogP contribution in [0.1, 0.15) is 33.5 Å². The Labute approximate surface area is 327 Å². The molecule has 0 bridgehead atoms. The van der Waals surface area contributed by atoms with Crippen LogP contribution in [-0.4, -0.2) is 106 Å². The molecule has 3 heterocycles. The van der Waals surface area contributed by atoms with E-state index < -0.39 is 59.2 Å². The lowest BCUT2D eigenvalue weighted by molar-refractivity contribution is -0.135. The van der Waals surface area contributed by atoms with Gasteiger partial charge in [0.15, 0.2) is 0 Å². The van der Waals surface area contributed by atoms with Crippen molar-refractivity contribution in [1.29, 1.82) is 0 Å². The Bertz CT molecular complexity index is 2330. The van der Waals surface area contributed by atoms with Crippen LogP contribution in [0.3, 0.4) is 0 Å². The fraction of sp³-hybridized carbons (Fsp3) is 0.317. The number of H-pyrrole nitrogens is 1. The molecule has 0 radical (unpaired) electrons. The van der Waals surface area contributed by atoms with Crippen molar-refractivity contribution in [3.63, 3.8) is 0 Å². The maximum absolute atomic E-state index is 14.2. The van der Waals surface area contributed by atoms with Crippen LogP contribution in [-0.2, 0) is 50.3 Å². The summed E-state index contributed by atoms with van der Waals surface area (Å²) in [5.74, 6) is -4.37. The minimum atomic E-state index is -1.32. The predicted molar refractivity (Wildman–Crippen MR) is 211 cm³/mol. The van der Waals surface area contributed by atoms with E-state index in [1.54, 1.807) is 12.1 Å². The number of aryl methyl sites for hydroxylation is 1. The summed E-state index contributed by atoms with van der Waals surface area (Å²) in [5.41, 5.74) is 1.84. The number of hydrogen-bond donors (Lipinski definition) is 7. The third-order valence-corrected chi connectivity index (χ3v) is 9.95. The van der Waals surface area contributed by atoms with Crippen molar-refractivity contribution >= 4 is 51.4 Å². The Morgan fingerprint density at radius 2 is 1.56 bits per heavy atom. The zero-order chi connectivity index (χ0) is 40.5. The molecule has 0 unspecified atom stereocenters. The molecule has 57 heavy (non-hydrogen) atoms. The zero-order valence-electron chi connectivity index (χ0n) is 31.4. The fourth-order valence-corrected chi connectivity index (χ4v) is 6.86. The third-order valence-electron chi connectivity index (χ3n) is 9.95. The Balaban J connectivity index is 1.21. The van der Waals surface area contributed by atoms with E-state index in [-0.39, 0.29) is 37.1 Å². The van der Waals surface area contributed by atoms with Gasteiger partial charge in [0.2, 0.25) is 17.7 Å². The first-order valence-corrected chi connectivity index (χ1v) is 18.6. The molecule has 1 aliphatic heterocycles. The molecular weight excluding hydrogens is 734 g/mol. The number of carbonyl (C=O) groups excluding carboxylic acids is 4. The van der Waals surface area contributed by atoms with Crippen molar-refractivity contribution < 1.29 is 38.9 Å². The van der Waals surface area contributed by atoms with Crippen molar-refractivity contribution in [1.82, 2.24) is 35.7 Å². The van der Waals surface area contributed by atoms with E-state index in [4.69, 9.17) is 9.84 Å². The molecule has 5 aromatic rings. The molecule has 298 valence electrons. The molecule has 1 fully saturated rings. The second kappa shape index (κ2) is 18.4. The summed E-state index contributed by atoms with van der Waals surface area (Å²) in [6.45, 7) is 2.33. The maximum Gasteiger partial charge on any atom is 0.322 e. The van der Waals surface area contributed by atoms with Crippen molar-refractivity contribution in [2.24, 2.45) is 7.05 Å². The summed E-state index contributed by atoms with van der Waals surface area (Å²) in [6, 6.07) is 19.4. The molecule has 1 saturated heterocycles. The topological polar surface area (TPSA) is 224 Å². The first-order valence-electron chi connectivity index (χ1n) is 18.6. The number of morpholine rings is 1. The van der Waals surface area contributed by atoms with Gasteiger partial charge in [0.1, 0.15) is 29.9 Å². The number of carboxylic acid groups (broad SMARTS) is 1. The zero-order valence-corrected chi connectivity index (χ0v) is 31.4. The number of nitrogens with one attached hydrogen (secondary N) is 5. The summed E-state index contributed by atoms with van der Waals surface area (Å²) in [4.78, 5) is 83.4. The number of hydrogen-bond acceptors (Lipinski definition) is 9. The Kier molecular flexibility index (Phi) is 13.0. The molecule has 0 spiro atoms. The number of carbonyl (C=O) groups is 5. The minimum Gasteiger partial charge on any atom is -0.506 e. The van der Waals surface area contributed by atoms with Gasteiger partial charge in [0.25, 0.3) is 11.5 Å². The van der Waals surface area contributed by atoms with Gasteiger partial charge in [-0.3, -0.25) is 33.7 Å².